The molecule has 0 spiro atoms. The van der Waals surface area contributed by atoms with E-state index >= 15 is 0 Å². The summed E-state index contributed by atoms with van der Waals surface area (Å²) in [6, 6.07) is 3.34. The number of anilines is 1. The van der Waals surface area contributed by atoms with Gasteiger partial charge in [-0.1, -0.05) is 0 Å². The second-order valence-electron chi connectivity index (χ2n) is 6.13. The van der Waals surface area contributed by atoms with Crippen molar-refractivity contribution in [3.63, 3.8) is 0 Å². The molecule has 2 aliphatic heterocycles. The number of nitrogens with zero attached hydrogens (tertiary/aromatic N) is 3. The molecule has 0 bridgehead atoms. The quantitative estimate of drug-likeness (QED) is 0.899. The van der Waals surface area contributed by atoms with Crippen molar-refractivity contribution >= 4 is 23.6 Å². The number of pyridine rings is 1. The Balaban J connectivity index is 1.57. The van der Waals surface area contributed by atoms with E-state index in [0.29, 0.717) is 18.9 Å². The molecule has 1 aromatic rings. The largest absolute Gasteiger partial charge is 0.352 e. The second kappa shape index (κ2) is 7.38. The van der Waals surface area contributed by atoms with Crippen LogP contribution >= 0.6 is 11.8 Å². The number of carbonyl (C=O) groups excluding carboxylic acids is 1. The molecule has 2 saturated heterocycles. The van der Waals surface area contributed by atoms with Gasteiger partial charge in [-0.25, -0.2) is 14.2 Å². The Morgan fingerprint density at radius 2 is 2.26 bits per heavy atom. The van der Waals surface area contributed by atoms with Crippen LogP contribution in [0.1, 0.15) is 19.8 Å². The molecule has 2 amide bonds. The number of hydrogen-bond donors (Lipinski definition) is 1. The molecule has 7 heteroatoms. The van der Waals surface area contributed by atoms with Gasteiger partial charge in [-0.15, -0.1) is 0 Å². The SMILES string of the molecule is C[C@@H]1CCSCCN1C(=O)N[C@H]1CCN(c2ncccc2F)C1. The van der Waals surface area contributed by atoms with Gasteiger partial charge in [0, 0.05) is 43.7 Å². The first-order valence-electron chi connectivity index (χ1n) is 8.15. The molecule has 1 aromatic heterocycles. The van der Waals surface area contributed by atoms with Gasteiger partial charge in [0.15, 0.2) is 11.6 Å². The van der Waals surface area contributed by atoms with Crippen LogP contribution in [0.4, 0.5) is 15.0 Å². The summed E-state index contributed by atoms with van der Waals surface area (Å²) in [6.45, 7) is 4.22. The van der Waals surface area contributed by atoms with Crippen molar-refractivity contribution in [1.29, 1.82) is 0 Å². The normalized spacial score (nSPS) is 25.3. The van der Waals surface area contributed by atoms with Crippen molar-refractivity contribution in [2.75, 3.05) is 36.0 Å². The predicted octanol–water partition coefficient (Wildman–Crippen LogP) is 2.34. The number of hydrogen-bond acceptors (Lipinski definition) is 4. The Morgan fingerprint density at radius 1 is 1.39 bits per heavy atom. The molecular formula is C16H23FN4OS. The van der Waals surface area contributed by atoms with Gasteiger partial charge in [-0.3, -0.25) is 0 Å². The van der Waals surface area contributed by atoms with E-state index in [1.54, 1.807) is 12.3 Å². The Kier molecular flexibility index (Phi) is 5.25. The molecular weight excluding hydrogens is 315 g/mol. The lowest BCUT2D eigenvalue weighted by atomic mass is 10.2. The molecule has 2 fully saturated rings. The highest BCUT2D eigenvalue weighted by Crippen LogP contribution is 2.21. The smallest absolute Gasteiger partial charge is 0.317 e. The lowest BCUT2D eigenvalue weighted by molar-refractivity contribution is 0.180. The zero-order valence-electron chi connectivity index (χ0n) is 13.4. The van der Waals surface area contributed by atoms with Crippen LogP contribution in [0.2, 0.25) is 0 Å². The summed E-state index contributed by atoms with van der Waals surface area (Å²) in [7, 11) is 0. The number of urea groups is 1. The van der Waals surface area contributed by atoms with Gasteiger partial charge < -0.3 is 15.1 Å². The second-order valence-corrected chi connectivity index (χ2v) is 7.36. The number of aromatic nitrogens is 1. The number of carbonyl (C=O) groups is 1. The summed E-state index contributed by atoms with van der Waals surface area (Å²) in [5.41, 5.74) is 0. The van der Waals surface area contributed by atoms with Gasteiger partial charge in [0.25, 0.3) is 0 Å². The number of rotatable bonds is 2. The predicted molar refractivity (Wildman–Crippen MR) is 91.5 cm³/mol. The maximum absolute atomic E-state index is 13.8. The fourth-order valence-corrected chi connectivity index (χ4v) is 4.17. The van der Waals surface area contributed by atoms with Crippen molar-refractivity contribution in [2.45, 2.75) is 31.8 Å². The van der Waals surface area contributed by atoms with Crippen LogP contribution in [0.25, 0.3) is 0 Å². The molecule has 3 rings (SSSR count). The van der Waals surface area contributed by atoms with E-state index in [0.717, 1.165) is 30.9 Å². The highest BCUT2D eigenvalue weighted by Gasteiger charge is 2.29. The summed E-state index contributed by atoms with van der Waals surface area (Å²) >= 11 is 1.90. The van der Waals surface area contributed by atoms with E-state index in [1.165, 1.54) is 6.07 Å². The van der Waals surface area contributed by atoms with Crippen LogP contribution in [0, 0.1) is 5.82 Å². The van der Waals surface area contributed by atoms with E-state index in [-0.39, 0.29) is 23.9 Å². The number of thioether (sulfide) groups is 1. The molecule has 23 heavy (non-hydrogen) atoms. The lowest BCUT2D eigenvalue weighted by Gasteiger charge is -2.28. The highest BCUT2D eigenvalue weighted by atomic mass is 32.2. The van der Waals surface area contributed by atoms with Crippen molar-refractivity contribution < 1.29 is 9.18 Å². The summed E-state index contributed by atoms with van der Waals surface area (Å²) < 4.78 is 13.8. The average Bonchev–Trinajstić information content (AvgIpc) is 2.88. The van der Waals surface area contributed by atoms with Gasteiger partial charge in [-0.05, 0) is 37.7 Å². The van der Waals surface area contributed by atoms with Gasteiger partial charge in [0.1, 0.15) is 0 Å². The monoisotopic (exact) mass is 338 g/mol. The summed E-state index contributed by atoms with van der Waals surface area (Å²) in [4.78, 5) is 20.5. The zero-order chi connectivity index (χ0) is 16.2. The average molecular weight is 338 g/mol. The van der Waals surface area contributed by atoms with E-state index in [4.69, 9.17) is 0 Å². The molecule has 0 radical (unpaired) electrons. The Morgan fingerprint density at radius 3 is 3.09 bits per heavy atom. The van der Waals surface area contributed by atoms with Crippen LogP contribution in [0.3, 0.4) is 0 Å². The standard InChI is InChI=1S/C16H23FN4OS/c1-12-5-9-23-10-8-21(12)16(22)19-13-4-7-20(11-13)15-14(17)3-2-6-18-15/h2-3,6,12-13H,4-5,7-11H2,1H3,(H,19,22)/t12-,13+/m1/s1. The first-order chi connectivity index (χ1) is 11.1. The van der Waals surface area contributed by atoms with Crippen LogP contribution in [0.5, 0.6) is 0 Å². The van der Waals surface area contributed by atoms with Crippen molar-refractivity contribution in [3.05, 3.63) is 24.1 Å². The molecule has 1 N–H and O–H groups in total. The first kappa shape index (κ1) is 16.4. The van der Waals surface area contributed by atoms with E-state index in [2.05, 4.69) is 17.2 Å². The number of amides is 2. The molecule has 3 heterocycles. The fraction of sp³-hybridized carbons (Fsp3) is 0.625. The van der Waals surface area contributed by atoms with Crippen molar-refractivity contribution in [1.82, 2.24) is 15.2 Å². The Labute approximate surface area is 140 Å². The third-order valence-electron chi connectivity index (χ3n) is 4.50. The third-order valence-corrected chi connectivity index (χ3v) is 5.50. The zero-order valence-corrected chi connectivity index (χ0v) is 14.2. The van der Waals surface area contributed by atoms with E-state index < -0.39 is 0 Å². The first-order valence-corrected chi connectivity index (χ1v) is 9.31. The number of nitrogens with one attached hydrogen (secondary N) is 1. The topological polar surface area (TPSA) is 48.5 Å². The molecule has 0 aromatic carbocycles. The van der Waals surface area contributed by atoms with E-state index in [1.807, 2.05) is 21.6 Å². The summed E-state index contributed by atoms with van der Waals surface area (Å²) in [5.74, 6) is 2.18. The van der Waals surface area contributed by atoms with Crippen LogP contribution in [0.15, 0.2) is 18.3 Å². The Hall–Kier alpha value is -1.50. The van der Waals surface area contributed by atoms with Gasteiger partial charge in [0.05, 0.1) is 0 Å². The van der Waals surface area contributed by atoms with Gasteiger partial charge in [0.2, 0.25) is 0 Å². The molecule has 2 aliphatic rings. The number of halogens is 1. The Bertz CT molecular complexity index is 559. The minimum absolute atomic E-state index is 0.00772. The van der Waals surface area contributed by atoms with Crippen LogP contribution in [-0.4, -0.2) is 59.1 Å². The van der Waals surface area contributed by atoms with Gasteiger partial charge in [-0.2, -0.15) is 11.8 Å². The third kappa shape index (κ3) is 3.88. The van der Waals surface area contributed by atoms with Crippen molar-refractivity contribution in [3.8, 4) is 0 Å². The maximum Gasteiger partial charge on any atom is 0.317 e. The molecule has 0 saturated carbocycles. The minimum Gasteiger partial charge on any atom is -0.352 e. The molecule has 5 nitrogen and oxygen atoms in total. The van der Waals surface area contributed by atoms with Crippen molar-refractivity contribution in [2.24, 2.45) is 0 Å². The highest BCUT2D eigenvalue weighted by molar-refractivity contribution is 7.99. The molecule has 0 unspecified atom stereocenters. The minimum atomic E-state index is -0.308. The molecule has 126 valence electrons. The molecule has 0 aliphatic carbocycles. The molecule has 2 atom stereocenters. The maximum atomic E-state index is 13.8. The summed E-state index contributed by atoms with van der Waals surface area (Å²) in [6.07, 6.45) is 3.45. The fourth-order valence-electron chi connectivity index (χ4n) is 3.13. The summed E-state index contributed by atoms with van der Waals surface area (Å²) in [5, 5.41) is 3.11. The van der Waals surface area contributed by atoms with E-state index in [9.17, 15) is 9.18 Å². The van der Waals surface area contributed by atoms with Gasteiger partial charge >= 0.3 is 6.03 Å². The lowest BCUT2D eigenvalue weighted by Crippen LogP contribution is -2.49. The van der Waals surface area contributed by atoms with Crippen LogP contribution < -0.4 is 10.2 Å². The van der Waals surface area contributed by atoms with Crippen LogP contribution in [-0.2, 0) is 0 Å².